The molecule has 0 aliphatic heterocycles. The molecule has 4 nitrogen and oxygen atoms in total. The first-order valence-corrected chi connectivity index (χ1v) is 13.5. The van der Waals surface area contributed by atoms with Crippen LogP contribution in [0.25, 0.3) is 0 Å². The zero-order valence-corrected chi connectivity index (χ0v) is 19.3. The minimum atomic E-state index is -0.126. The van der Waals surface area contributed by atoms with Crippen LogP contribution in [0.5, 0.6) is 0 Å². The average Bonchev–Trinajstić information content (AvgIpc) is 2.72. The molecule has 9 aliphatic rings. The number of hydrogen-bond donors (Lipinski definition) is 2. The lowest BCUT2D eigenvalue weighted by Crippen LogP contribution is -2.55. The highest BCUT2D eigenvalue weighted by Gasteiger charge is 2.56. The predicted octanol–water partition coefficient (Wildman–Crippen LogP) is 4.86. The molecule has 0 aromatic heterocycles. The van der Waals surface area contributed by atoms with E-state index in [-0.39, 0.29) is 22.8 Å². The Hall–Kier alpha value is -1.58. The van der Waals surface area contributed by atoms with Crippen LogP contribution in [0.4, 0.5) is 0 Å². The second kappa shape index (κ2) is 6.96. The van der Waals surface area contributed by atoms with Crippen LogP contribution in [0.3, 0.4) is 0 Å². The van der Waals surface area contributed by atoms with Crippen molar-refractivity contribution < 1.29 is 9.59 Å². The van der Waals surface area contributed by atoms with Crippen LogP contribution in [-0.2, 0) is 9.59 Å². The summed E-state index contributed by atoms with van der Waals surface area (Å²) in [6, 6.07) is 0.00664. The molecule has 4 heteroatoms. The third-order valence-corrected chi connectivity index (χ3v) is 10.7. The van der Waals surface area contributed by atoms with E-state index in [2.05, 4.69) is 22.8 Å². The average molecular weight is 435 g/mol. The molecule has 8 saturated carbocycles. The Morgan fingerprint density at radius 1 is 0.688 bits per heavy atom. The Balaban J connectivity index is 1.03. The fraction of sp³-hybridized carbons (Fsp3) is 0.786. The van der Waals surface area contributed by atoms with Gasteiger partial charge in [0.15, 0.2) is 0 Å². The van der Waals surface area contributed by atoms with E-state index in [0.29, 0.717) is 5.91 Å². The van der Waals surface area contributed by atoms with Crippen LogP contribution in [0, 0.1) is 46.3 Å². The third kappa shape index (κ3) is 3.15. The molecule has 8 bridgehead atoms. The maximum atomic E-state index is 13.5. The zero-order valence-electron chi connectivity index (χ0n) is 19.3. The van der Waals surface area contributed by atoms with Crippen molar-refractivity contribution in [3.8, 4) is 0 Å². The Morgan fingerprint density at radius 2 is 1.12 bits per heavy atom. The molecule has 0 spiro atoms. The van der Waals surface area contributed by atoms with E-state index in [0.717, 1.165) is 86.2 Å². The molecular formula is C28H38N2O2. The molecule has 8 fully saturated rings. The molecule has 2 amide bonds. The van der Waals surface area contributed by atoms with Crippen molar-refractivity contribution in [1.29, 1.82) is 0 Å². The summed E-state index contributed by atoms with van der Waals surface area (Å²) in [5.41, 5.74) is 0.665. The quantitative estimate of drug-likeness (QED) is 0.664. The maximum Gasteiger partial charge on any atom is 0.230 e. The molecule has 0 saturated heterocycles. The highest BCUT2D eigenvalue weighted by molar-refractivity contribution is 5.86. The minimum Gasteiger partial charge on any atom is -0.349 e. The molecule has 32 heavy (non-hydrogen) atoms. The van der Waals surface area contributed by atoms with E-state index < -0.39 is 0 Å². The lowest BCUT2D eigenvalue weighted by atomic mass is 9.49. The third-order valence-electron chi connectivity index (χ3n) is 10.7. The predicted molar refractivity (Wildman–Crippen MR) is 123 cm³/mol. The van der Waals surface area contributed by atoms with E-state index in [1.807, 2.05) is 6.08 Å². The first-order chi connectivity index (χ1) is 15.5. The molecule has 1 unspecified atom stereocenters. The Kier molecular flexibility index (Phi) is 4.32. The highest BCUT2D eigenvalue weighted by Crippen LogP contribution is 2.61. The zero-order chi connectivity index (χ0) is 21.5. The van der Waals surface area contributed by atoms with Crippen LogP contribution in [0.15, 0.2) is 23.9 Å². The van der Waals surface area contributed by atoms with Crippen molar-refractivity contribution in [2.24, 2.45) is 46.3 Å². The molecule has 9 aliphatic carbocycles. The van der Waals surface area contributed by atoms with Crippen LogP contribution in [0.1, 0.15) is 83.5 Å². The summed E-state index contributed by atoms with van der Waals surface area (Å²) in [4.78, 5) is 26.9. The molecule has 172 valence electrons. The van der Waals surface area contributed by atoms with Gasteiger partial charge >= 0.3 is 0 Å². The summed E-state index contributed by atoms with van der Waals surface area (Å²) in [7, 11) is 0. The molecule has 0 aromatic carbocycles. The largest absolute Gasteiger partial charge is 0.349 e. The van der Waals surface area contributed by atoms with E-state index in [9.17, 15) is 9.59 Å². The van der Waals surface area contributed by atoms with Gasteiger partial charge in [-0.3, -0.25) is 9.59 Å². The summed E-state index contributed by atoms with van der Waals surface area (Å²) >= 11 is 0. The lowest BCUT2D eigenvalue weighted by Gasteiger charge is -2.56. The van der Waals surface area contributed by atoms with Crippen LogP contribution in [-0.4, -0.2) is 17.9 Å². The van der Waals surface area contributed by atoms with E-state index in [4.69, 9.17) is 0 Å². The van der Waals surface area contributed by atoms with Gasteiger partial charge in [-0.15, -0.1) is 0 Å². The van der Waals surface area contributed by atoms with Gasteiger partial charge < -0.3 is 10.6 Å². The fourth-order valence-electron chi connectivity index (χ4n) is 10.2. The van der Waals surface area contributed by atoms with Crippen molar-refractivity contribution in [2.75, 3.05) is 0 Å². The van der Waals surface area contributed by atoms with Crippen molar-refractivity contribution in [2.45, 2.75) is 89.5 Å². The topological polar surface area (TPSA) is 58.2 Å². The van der Waals surface area contributed by atoms with Crippen molar-refractivity contribution in [3.05, 3.63) is 23.9 Å². The fourth-order valence-corrected chi connectivity index (χ4v) is 10.2. The van der Waals surface area contributed by atoms with E-state index >= 15 is 0 Å². The van der Waals surface area contributed by atoms with Gasteiger partial charge in [-0.2, -0.15) is 0 Å². The van der Waals surface area contributed by atoms with Gasteiger partial charge in [0.2, 0.25) is 11.8 Å². The molecule has 0 radical (unpaired) electrons. The summed E-state index contributed by atoms with van der Waals surface area (Å²) in [5, 5.41) is 6.70. The normalized spacial score (nSPS) is 49.8. The minimum absolute atomic E-state index is 0.00664. The van der Waals surface area contributed by atoms with Crippen LogP contribution < -0.4 is 10.6 Å². The number of nitrogens with one attached hydrogen (secondary N) is 2. The second-order valence-corrected chi connectivity index (χ2v) is 13.2. The van der Waals surface area contributed by atoms with Gasteiger partial charge in [-0.25, -0.2) is 0 Å². The molecule has 0 heterocycles. The van der Waals surface area contributed by atoms with Crippen molar-refractivity contribution >= 4 is 11.8 Å². The summed E-state index contributed by atoms with van der Waals surface area (Å²) in [6.07, 6.45) is 21.8. The highest BCUT2D eigenvalue weighted by atomic mass is 16.2. The smallest absolute Gasteiger partial charge is 0.230 e. The number of rotatable bonds is 4. The standard InChI is InChI=1S/C28H38N2O2/c31-25(27-11-17-4-18(12-27)6-19(5-17)13-27)29-23-2-1-3-24(10-23)30-26(32)28-14-20-7-21(15-28)9-22(8-20)16-28/h1-2,10,17-22,24H,3-9,11-16H2,(H,29,31)(H,30,32). The van der Waals surface area contributed by atoms with Crippen LogP contribution in [0.2, 0.25) is 0 Å². The molecule has 9 rings (SSSR count). The van der Waals surface area contributed by atoms with Gasteiger partial charge in [0.25, 0.3) is 0 Å². The lowest BCUT2D eigenvalue weighted by molar-refractivity contribution is -0.146. The monoisotopic (exact) mass is 434 g/mol. The maximum absolute atomic E-state index is 13.5. The van der Waals surface area contributed by atoms with Gasteiger partial charge in [0, 0.05) is 11.1 Å². The van der Waals surface area contributed by atoms with E-state index in [1.54, 1.807) is 0 Å². The first kappa shape index (κ1) is 19.9. The number of allylic oxidation sites excluding steroid dienone is 1. The Morgan fingerprint density at radius 3 is 1.59 bits per heavy atom. The number of carbonyl (C=O) groups excluding carboxylic acids is 2. The summed E-state index contributed by atoms with van der Waals surface area (Å²) < 4.78 is 0. The van der Waals surface area contributed by atoms with Gasteiger partial charge in [0.1, 0.15) is 0 Å². The number of carbonyl (C=O) groups is 2. The second-order valence-electron chi connectivity index (χ2n) is 13.2. The summed E-state index contributed by atoms with van der Waals surface area (Å²) in [6.45, 7) is 0. The Bertz CT molecular complexity index is 829. The summed E-state index contributed by atoms with van der Waals surface area (Å²) in [5.74, 6) is 5.21. The number of amides is 2. The van der Waals surface area contributed by atoms with Crippen molar-refractivity contribution in [1.82, 2.24) is 10.6 Å². The van der Waals surface area contributed by atoms with Crippen LogP contribution >= 0.6 is 0 Å². The first-order valence-electron chi connectivity index (χ1n) is 13.5. The molecule has 1 atom stereocenters. The van der Waals surface area contributed by atoms with Gasteiger partial charge in [-0.05, 0) is 131 Å². The SMILES string of the molecule is O=C(NC1=CC(NC(=O)C23CC4CC(CC(C4)C2)C3)CC=C1)C12CC3CC(CC(C3)C1)C2. The van der Waals surface area contributed by atoms with Gasteiger partial charge in [0.05, 0.1) is 11.5 Å². The van der Waals surface area contributed by atoms with E-state index in [1.165, 1.54) is 38.5 Å². The Labute approximate surface area is 192 Å². The molecular weight excluding hydrogens is 396 g/mol. The molecule has 0 aromatic rings. The van der Waals surface area contributed by atoms with Crippen molar-refractivity contribution in [3.63, 3.8) is 0 Å². The molecule has 2 N–H and O–H groups in total. The number of hydrogen-bond acceptors (Lipinski definition) is 2. The van der Waals surface area contributed by atoms with Gasteiger partial charge in [-0.1, -0.05) is 6.08 Å².